The summed E-state index contributed by atoms with van der Waals surface area (Å²) >= 11 is 0. The summed E-state index contributed by atoms with van der Waals surface area (Å²) in [6.07, 6.45) is 2.85. The molecule has 1 fully saturated rings. The third-order valence-electron chi connectivity index (χ3n) is 2.23. The molecule has 0 aromatic heterocycles. The first-order valence-corrected chi connectivity index (χ1v) is 4.82. The highest BCUT2D eigenvalue weighted by atomic mass is 16.6. The first-order chi connectivity index (χ1) is 5.81. The van der Waals surface area contributed by atoms with Crippen molar-refractivity contribution in [2.45, 2.75) is 58.1 Å². The number of carbonyl (C=O) groups is 1. The number of amides is 1. The van der Waals surface area contributed by atoms with Crippen LogP contribution in [0.5, 0.6) is 0 Å². The molecule has 1 amide bonds. The van der Waals surface area contributed by atoms with E-state index in [0.29, 0.717) is 0 Å². The quantitative estimate of drug-likeness (QED) is 0.681. The lowest BCUT2D eigenvalue weighted by molar-refractivity contribution is -0.0344. The van der Waals surface area contributed by atoms with Crippen LogP contribution >= 0.6 is 0 Å². The Morgan fingerprint density at radius 3 is 2.23 bits per heavy atom. The van der Waals surface area contributed by atoms with Crippen LogP contribution in [0.25, 0.3) is 0 Å². The summed E-state index contributed by atoms with van der Waals surface area (Å²) in [6.45, 7) is 7.81. The summed E-state index contributed by atoms with van der Waals surface area (Å²) in [6, 6.07) is 0. The van der Waals surface area contributed by atoms with Gasteiger partial charge >= 0.3 is 6.09 Å². The van der Waals surface area contributed by atoms with E-state index in [-0.39, 0.29) is 17.2 Å². The Labute approximate surface area is 79.8 Å². The van der Waals surface area contributed by atoms with Crippen LogP contribution in [0.2, 0.25) is 0 Å². The molecule has 13 heavy (non-hydrogen) atoms. The summed E-state index contributed by atoms with van der Waals surface area (Å²) in [5, 5.41) is 2.78. The summed E-state index contributed by atoms with van der Waals surface area (Å²) in [7, 11) is 0. The van der Waals surface area contributed by atoms with Crippen molar-refractivity contribution in [1.29, 1.82) is 0 Å². The van der Waals surface area contributed by atoms with E-state index in [4.69, 9.17) is 4.74 Å². The van der Waals surface area contributed by atoms with Gasteiger partial charge in [0.05, 0.1) is 0 Å². The zero-order valence-electron chi connectivity index (χ0n) is 8.94. The van der Waals surface area contributed by atoms with Gasteiger partial charge in [0.25, 0.3) is 0 Å². The molecule has 0 aromatic rings. The molecule has 0 spiro atoms. The molecule has 0 aliphatic heterocycles. The zero-order valence-corrected chi connectivity index (χ0v) is 8.94. The van der Waals surface area contributed by atoms with Crippen LogP contribution in [0, 0.1) is 0 Å². The molecule has 1 saturated carbocycles. The second kappa shape index (κ2) is 3.20. The lowest BCUT2D eigenvalue weighted by atomic mass is 9.82. The van der Waals surface area contributed by atoms with E-state index in [9.17, 15) is 4.79 Å². The fraction of sp³-hybridized carbons (Fsp3) is 0.900. The Morgan fingerprint density at radius 2 is 1.92 bits per heavy atom. The van der Waals surface area contributed by atoms with E-state index >= 15 is 0 Å². The van der Waals surface area contributed by atoms with Gasteiger partial charge in [0.15, 0.2) is 0 Å². The fourth-order valence-corrected chi connectivity index (χ4v) is 1.33. The number of alkyl carbamates (subject to hydrolysis) is 1. The van der Waals surface area contributed by atoms with E-state index in [1.807, 2.05) is 27.7 Å². The van der Waals surface area contributed by atoms with Crippen molar-refractivity contribution in [2.24, 2.45) is 0 Å². The molecule has 76 valence electrons. The summed E-state index contributed by atoms with van der Waals surface area (Å²) in [5.41, 5.74) is -0.410. The molecular weight excluding hydrogens is 166 g/mol. The van der Waals surface area contributed by atoms with Crippen molar-refractivity contribution in [2.75, 3.05) is 0 Å². The van der Waals surface area contributed by atoms with Gasteiger partial charge in [-0.15, -0.1) is 0 Å². The van der Waals surface area contributed by atoms with Crippen LogP contribution in [0.1, 0.15) is 47.0 Å². The predicted molar refractivity (Wildman–Crippen MR) is 51.6 cm³/mol. The monoisotopic (exact) mass is 185 g/mol. The number of ether oxygens (including phenoxy) is 1. The van der Waals surface area contributed by atoms with Crippen molar-refractivity contribution in [1.82, 2.24) is 5.32 Å². The summed E-state index contributed by atoms with van der Waals surface area (Å²) < 4.78 is 5.30. The number of rotatable bonds is 1. The molecule has 0 bridgehead atoms. The molecule has 1 aliphatic carbocycles. The van der Waals surface area contributed by atoms with Crippen molar-refractivity contribution < 1.29 is 9.53 Å². The van der Waals surface area contributed by atoms with Crippen LogP contribution in [-0.2, 0) is 4.74 Å². The minimum Gasteiger partial charge on any atom is -0.443 e. The van der Waals surface area contributed by atoms with E-state index in [1.54, 1.807) is 0 Å². The van der Waals surface area contributed by atoms with Gasteiger partial charge in [-0.25, -0.2) is 4.79 Å². The van der Waals surface area contributed by atoms with Gasteiger partial charge in [-0.2, -0.15) is 0 Å². The Hall–Kier alpha value is -0.730. The van der Waals surface area contributed by atoms with Gasteiger partial charge in [-0.1, -0.05) is 0 Å². The van der Waals surface area contributed by atoms with E-state index in [2.05, 4.69) is 5.32 Å². The standard InChI is InChI=1S/C10H19NO2/c1-9(2,3)11-8(12)13-10(4)6-5-7-10/h5-7H2,1-4H3,(H,11,12). The van der Waals surface area contributed by atoms with Gasteiger partial charge in [0.2, 0.25) is 0 Å². The van der Waals surface area contributed by atoms with Gasteiger partial charge in [-0.05, 0) is 47.0 Å². The van der Waals surface area contributed by atoms with Crippen molar-refractivity contribution in [3.63, 3.8) is 0 Å². The van der Waals surface area contributed by atoms with Crippen molar-refractivity contribution in [3.8, 4) is 0 Å². The molecular formula is C10H19NO2. The Bertz CT molecular complexity index is 201. The second-order valence-electron chi connectivity index (χ2n) is 5.07. The number of hydrogen-bond donors (Lipinski definition) is 1. The Morgan fingerprint density at radius 1 is 1.38 bits per heavy atom. The van der Waals surface area contributed by atoms with Crippen LogP contribution in [0.4, 0.5) is 4.79 Å². The smallest absolute Gasteiger partial charge is 0.408 e. The molecule has 3 heteroatoms. The number of nitrogens with one attached hydrogen (secondary N) is 1. The molecule has 0 radical (unpaired) electrons. The number of carbonyl (C=O) groups excluding carboxylic acids is 1. The fourth-order valence-electron chi connectivity index (χ4n) is 1.33. The minimum atomic E-state index is -0.297. The van der Waals surface area contributed by atoms with Gasteiger partial charge < -0.3 is 10.1 Å². The van der Waals surface area contributed by atoms with Crippen LogP contribution in [-0.4, -0.2) is 17.2 Å². The SMILES string of the molecule is CC(C)(C)NC(=O)OC1(C)CCC1. The third kappa shape index (κ3) is 3.25. The lowest BCUT2D eigenvalue weighted by Crippen LogP contribution is -2.47. The van der Waals surface area contributed by atoms with Crippen LogP contribution in [0.3, 0.4) is 0 Å². The second-order valence-corrected chi connectivity index (χ2v) is 5.07. The molecule has 0 atom stereocenters. The molecule has 0 unspecified atom stereocenters. The maximum absolute atomic E-state index is 11.3. The maximum Gasteiger partial charge on any atom is 0.408 e. The Kier molecular flexibility index (Phi) is 2.55. The van der Waals surface area contributed by atoms with Crippen molar-refractivity contribution >= 4 is 6.09 Å². The molecule has 1 rings (SSSR count). The highest BCUT2D eigenvalue weighted by Crippen LogP contribution is 2.34. The van der Waals surface area contributed by atoms with Gasteiger partial charge in [0.1, 0.15) is 5.60 Å². The van der Waals surface area contributed by atoms with E-state index < -0.39 is 0 Å². The topological polar surface area (TPSA) is 38.3 Å². The highest BCUT2D eigenvalue weighted by Gasteiger charge is 2.36. The minimum absolute atomic E-state index is 0.199. The molecule has 0 aromatic carbocycles. The largest absolute Gasteiger partial charge is 0.443 e. The lowest BCUT2D eigenvalue weighted by Gasteiger charge is -2.38. The van der Waals surface area contributed by atoms with Crippen LogP contribution < -0.4 is 5.32 Å². The third-order valence-corrected chi connectivity index (χ3v) is 2.23. The molecule has 3 nitrogen and oxygen atoms in total. The molecule has 0 heterocycles. The molecule has 0 saturated heterocycles. The molecule has 1 aliphatic rings. The van der Waals surface area contributed by atoms with Gasteiger partial charge in [0, 0.05) is 5.54 Å². The maximum atomic E-state index is 11.3. The zero-order chi connectivity index (χ0) is 10.1. The Balaban J connectivity index is 2.33. The summed E-state index contributed by atoms with van der Waals surface area (Å²) in [5.74, 6) is 0. The van der Waals surface area contributed by atoms with E-state index in [1.165, 1.54) is 6.42 Å². The average Bonchev–Trinajstić information content (AvgIpc) is 1.79. The first-order valence-electron chi connectivity index (χ1n) is 4.82. The molecule has 1 N–H and O–H groups in total. The first kappa shape index (κ1) is 10.4. The van der Waals surface area contributed by atoms with Gasteiger partial charge in [-0.3, -0.25) is 0 Å². The normalized spacial score (nSPS) is 20.3. The van der Waals surface area contributed by atoms with Crippen molar-refractivity contribution in [3.05, 3.63) is 0 Å². The summed E-state index contributed by atoms with van der Waals surface area (Å²) in [4.78, 5) is 11.3. The highest BCUT2D eigenvalue weighted by molar-refractivity contribution is 5.68. The van der Waals surface area contributed by atoms with Crippen LogP contribution in [0.15, 0.2) is 0 Å². The number of hydrogen-bond acceptors (Lipinski definition) is 2. The predicted octanol–water partition coefficient (Wildman–Crippen LogP) is 2.45. The average molecular weight is 185 g/mol. The van der Waals surface area contributed by atoms with E-state index in [0.717, 1.165) is 12.8 Å².